The Labute approximate surface area is 140 Å². The Morgan fingerprint density at radius 2 is 2.12 bits per heavy atom. The van der Waals surface area contributed by atoms with Crippen molar-refractivity contribution in [2.75, 3.05) is 19.7 Å². The van der Waals surface area contributed by atoms with Gasteiger partial charge in [-0.05, 0) is 25.0 Å². The first-order valence-electron chi connectivity index (χ1n) is 8.23. The number of rotatable bonds is 2. The molecule has 3 heterocycles. The molecule has 4 rings (SSSR count). The number of aromatic nitrogens is 3. The lowest BCUT2D eigenvalue weighted by Gasteiger charge is -2.35. The molecule has 0 N–H and O–H groups in total. The number of likely N-dealkylation sites (tertiary alicyclic amines) is 1. The fourth-order valence-electron chi connectivity index (χ4n) is 3.39. The molecule has 2 aromatic rings. The number of aryl methyl sites for hydroxylation is 1. The van der Waals surface area contributed by atoms with E-state index in [0.717, 1.165) is 25.2 Å². The van der Waals surface area contributed by atoms with Gasteiger partial charge in [0.1, 0.15) is 18.8 Å². The summed E-state index contributed by atoms with van der Waals surface area (Å²) in [5, 5.41) is 8.14. The van der Waals surface area contributed by atoms with Gasteiger partial charge < -0.3 is 18.9 Å². The number of fused-ring (bicyclic) bond motifs is 1. The maximum Gasteiger partial charge on any atom is 0.267 e. The first kappa shape index (κ1) is 15.0. The zero-order valence-electron chi connectivity index (χ0n) is 13.6. The molecule has 24 heavy (non-hydrogen) atoms. The van der Waals surface area contributed by atoms with Gasteiger partial charge in [0.25, 0.3) is 5.91 Å². The maximum absolute atomic E-state index is 12.8. The lowest BCUT2D eigenvalue weighted by atomic mass is 9.96. The van der Waals surface area contributed by atoms with Crippen LogP contribution in [0.3, 0.4) is 0 Å². The number of ether oxygens (including phenoxy) is 2. The van der Waals surface area contributed by atoms with Crippen LogP contribution in [0.5, 0.6) is 11.5 Å². The van der Waals surface area contributed by atoms with E-state index in [1.54, 1.807) is 6.33 Å². The molecule has 2 aliphatic rings. The van der Waals surface area contributed by atoms with Crippen LogP contribution < -0.4 is 9.47 Å². The van der Waals surface area contributed by atoms with E-state index in [-0.39, 0.29) is 18.4 Å². The number of carbonyl (C=O) groups excluding carboxylic acids is 1. The van der Waals surface area contributed by atoms with Crippen molar-refractivity contribution >= 4 is 5.91 Å². The van der Waals surface area contributed by atoms with Crippen molar-refractivity contribution in [1.29, 1.82) is 0 Å². The number of nitrogens with zero attached hydrogens (tertiary/aromatic N) is 4. The summed E-state index contributed by atoms with van der Waals surface area (Å²) < 4.78 is 13.4. The Morgan fingerprint density at radius 3 is 2.92 bits per heavy atom. The Balaban J connectivity index is 1.46. The van der Waals surface area contributed by atoms with Crippen LogP contribution >= 0.6 is 0 Å². The first-order chi connectivity index (χ1) is 11.7. The highest BCUT2D eigenvalue weighted by atomic mass is 16.6. The average Bonchev–Trinajstić information content (AvgIpc) is 3.07. The van der Waals surface area contributed by atoms with Gasteiger partial charge in [-0.1, -0.05) is 12.1 Å². The van der Waals surface area contributed by atoms with E-state index in [1.165, 1.54) is 0 Å². The summed E-state index contributed by atoms with van der Waals surface area (Å²) in [7, 11) is 1.94. The fraction of sp³-hybridized carbons (Fsp3) is 0.471. The van der Waals surface area contributed by atoms with Gasteiger partial charge in [0, 0.05) is 26.1 Å². The molecular formula is C17H20N4O3. The molecule has 1 fully saturated rings. The summed E-state index contributed by atoms with van der Waals surface area (Å²) >= 11 is 0. The lowest BCUT2D eigenvalue weighted by molar-refractivity contribution is -0.142. The van der Waals surface area contributed by atoms with Gasteiger partial charge in [-0.15, -0.1) is 10.2 Å². The number of amides is 1. The predicted octanol–water partition coefficient (Wildman–Crippen LogP) is 1.36. The van der Waals surface area contributed by atoms with E-state index in [1.807, 2.05) is 40.8 Å². The van der Waals surface area contributed by atoms with E-state index < -0.39 is 6.10 Å². The average molecular weight is 328 g/mol. The highest BCUT2D eigenvalue weighted by Gasteiger charge is 2.34. The van der Waals surface area contributed by atoms with Gasteiger partial charge in [-0.3, -0.25) is 4.79 Å². The molecule has 1 aromatic carbocycles. The Kier molecular flexibility index (Phi) is 3.84. The second-order valence-corrected chi connectivity index (χ2v) is 6.29. The van der Waals surface area contributed by atoms with Crippen molar-refractivity contribution in [3.05, 3.63) is 36.4 Å². The normalized spacial score (nSPS) is 23.1. The zero-order chi connectivity index (χ0) is 16.5. The number of carbonyl (C=O) groups is 1. The van der Waals surface area contributed by atoms with Crippen molar-refractivity contribution in [3.63, 3.8) is 0 Å². The van der Waals surface area contributed by atoms with Crippen LogP contribution in [0.4, 0.5) is 0 Å². The van der Waals surface area contributed by atoms with Crippen LogP contribution in [0.2, 0.25) is 0 Å². The van der Waals surface area contributed by atoms with Gasteiger partial charge in [0.2, 0.25) is 6.10 Å². The highest BCUT2D eigenvalue weighted by molar-refractivity contribution is 5.82. The third-order valence-corrected chi connectivity index (χ3v) is 4.63. The number of hydrogen-bond acceptors (Lipinski definition) is 5. The molecule has 0 bridgehead atoms. The summed E-state index contributed by atoms with van der Waals surface area (Å²) in [6.45, 7) is 1.64. The monoisotopic (exact) mass is 328 g/mol. The number of hydrogen-bond donors (Lipinski definition) is 0. The maximum atomic E-state index is 12.8. The van der Waals surface area contributed by atoms with E-state index in [0.29, 0.717) is 18.0 Å². The van der Waals surface area contributed by atoms with E-state index >= 15 is 0 Å². The number of para-hydroxylation sites is 2. The topological polar surface area (TPSA) is 69.5 Å². The SMILES string of the molecule is Cn1cnnc1[C@H]1CCCN(C(=O)[C@H]2COc3ccccc3O2)C1. The fourth-order valence-corrected chi connectivity index (χ4v) is 3.39. The molecular weight excluding hydrogens is 308 g/mol. The minimum Gasteiger partial charge on any atom is -0.485 e. The quantitative estimate of drug-likeness (QED) is 0.832. The third-order valence-electron chi connectivity index (χ3n) is 4.63. The number of benzene rings is 1. The summed E-state index contributed by atoms with van der Waals surface area (Å²) in [5.74, 6) is 2.45. The smallest absolute Gasteiger partial charge is 0.267 e. The summed E-state index contributed by atoms with van der Waals surface area (Å²) in [4.78, 5) is 14.7. The Hall–Kier alpha value is -2.57. The number of piperidine rings is 1. The van der Waals surface area contributed by atoms with E-state index in [9.17, 15) is 4.79 Å². The molecule has 0 unspecified atom stereocenters. The van der Waals surface area contributed by atoms with Crippen LogP contribution in [0, 0.1) is 0 Å². The second-order valence-electron chi connectivity index (χ2n) is 6.29. The molecule has 7 nitrogen and oxygen atoms in total. The van der Waals surface area contributed by atoms with Crippen molar-refractivity contribution in [3.8, 4) is 11.5 Å². The van der Waals surface area contributed by atoms with E-state index in [4.69, 9.17) is 9.47 Å². The van der Waals surface area contributed by atoms with Crippen molar-refractivity contribution in [2.24, 2.45) is 7.05 Å². The Morgan fingerprint density at radius 1 is 1.29 bits per heavy atom. The van der Waals surface area contributed by atoms with Crippen molar-refractivity contribution in [1.82, 2.24) is 19.7 Å². The molecule has 7 heteroatoms. The van der Waals surface area contributed by atoms with Crippen LogP contribution in [0.1, 0.15) is 24.6 Å². The third kappa shape index (κ3) is 2.70. The first-order valence-corrected chi connectivity index (χ1v) is 8.23. The van der Waals surface area contributed by atoms with Gasteiger partial charge in [0.15, 0.2) is 11.5 Å². The molecule has 0 saturated carbocycles. The molecule has 2 atom stereocenters. The highest BCUT2D eigenvalue weighted by Crippen LogP contribution is 2.32. The molecule has 0 radical (unpaired) electrons. The van der Waals surface area contributed by atoms with Gasteiger partial charge in [0.05, 0.1) is 0 Å². The minimum absolute atomic E-state index is 0.0172. The second kappa shape index (κ2) is 6.14. The van der Waals surface area contributed by atoms with Gasteiger partial charge in [-0.25, -0.2) is 0 Å². The van der Waals surface area contributed by atoms with Gasteiger partial charge >= 0.3 is 0 Å². The van der Waals surface area contributed by atoms with Crippen molar-refractivity contribution < 1.29 is 14.3 Å². The molecule has 0 spiro atoms. The standard InChI is InChI=1S/C17H20N4O3/c1-20-11-18-19-16(20)12-5-4-8-21(9-12)17(22)15-10-23-13-6-2-3-7-14(13)24-15/h2-3,6-7,11-12,15H,4-5,8-10H2,1H3/t12-,15+/m0/s1. The minimum atomic E-state index is -0.585. The van der Waals surface area contributed by atoms with Crippen LogP contribution in [0.25, 0.3) is 0 Å². The summed E-state index contributed by atoms with van der Waals surface area (Å²) in [6.07, 6.45) is 3.08. The molecule has 126 valence electrons. The zero-order valence-corrected chi connectivity index (χ0v) is 13.6. The van der Waals surface area contributed by atoms with Crippen LogP contribution in [-0.2, 0) is 11.8 Å². The summed E-state index contributed by atoms with van der Waals surface area (Å²) in [5.41, 5.74) is 0. The van der Waals surface area contributed by atoms with Gasteiger partial charge in [-0.2, -0.15) is 0 Å². The molecule has 0 aliphatic carbocycles. The Bertz CT molecular complexity index is 745. The lowest BCUT2D eigenvalue weighted by Crippen LogP contribution is -2.49. The molecule has 1 saturated heterocycles. The predicted molar refractivity (Wildman–Crippen MR) is 85.9 cm³/mol. The van der Waals surface area contributed by atoms with Crippen LogP contribution in [0.15, 0.2) is 30.6 Å². The van der Waals surface area contributed by atoms with Crippen LogP contribution in [-0.4, -0.2) is 51.4 Å². The molecule has 1 amide bonds. The molecule has 2 aliphatic heterocycles. The van der Waals surface area contributed by atoms with Crippen molar-refractivity contribution in [2.45, 2.75) is 24.9 Å². The van der Waals surface area contributed by atoms with E-state index in [2.05, 4.69) is 10.2 Å². The summed E-state index contributed by atoms with van der Waals surface area (Å²) in [6, 6.07) is 7.44. The largest absolute Gasteiger partial charge is 0.485 e. The molecule has 1 aromatic heterocycles.